The minimum Gasteiger partial charge on any atom is -0.379 e. The van der Waals surface area contributed by atoms with Crippen molar-refractivity contribution in [1.29, 1.82) is 0 Å². The minimum atomic E-state index is -0.177. The molecule has 5 heteroatoms. The number of hydrogen-bond donors (Lipinski definition) is 0. The van der Waals surface area contributed by atoms with Crippen molar-refractivity contribution < 1.29 is 4.74 Å². The molecule has 0 amide bonds. The van der Waals surface area contributed by atoms with Crippen LogP contribution in [-0.2, 0) is 10.3 Å². The van der Waals surface area contributed by atoms with Gasteiger partial charge in [-0.25, -0.2) is 0 Å². The highest BCUT2D eigenvalue weighted by atomic mass is 35.5. The second-order valence-electron chi connectivity index (χ2n) is 5.15. The first kappa shape index (κ1) is 12.6. The molecule has 1 fully saturated rings. The fraction of sp³-hybridized carbons (Fsp3) is 0.429. The second kappa shape index (κ2) is 4.94. The summed E-state index contributed by atoms with van der Waals surface area (Å²) in [6, 6.07) is 9.99. The fourth-order valence-corrected chi connectivity index (χ4v) is 2.94. The van der Waals surface area contributed by atoms with Crippen molar-refractivity contribution >= 4 is 11.6 Å². The van der Waals surface area contributed by atoms with E-state index in [0.29, 0.717) is 11.9 Å². The molecule has 0 radical (unpaired) electrons. The Morgan fingerprint density at radius 1 is 1.26 bits per heavy atom. The smallest absolute Gasteiger partial charge is 0.225 e. The lowest BCUT2D eigenvalue weighted by Gasteiger charge is -2.35. The van der Waals surface area contributed by atoms with Gasteiger partial charge in [0.25, 0.3) is 0 Å². The van der Waals surface area contributed by atoms with Crippen LogP contribution in [0.3, 0.4) is 0 Å². The topological polar surface area (TPSA) is 39.9 Å². The zero-order chi connectivity index (χ0) is 13.3. The van der Waals surface area contributed by atoms with Gasteiger partial charge in [0.1, 0.15) is 0 Å². The van der Waals surface area contributed by atoms with Crippen LogP contribution in [0.5, 0.6) is 0 Å². The predicted octanol–water partition coefficient (Wildman–Crippen LogP) is 3.12. The maximum Gasteiger partial charge on any atom is 0.225 e. The third kappa shape index (κ3) is 2.26. The molecular weight excluding hydrogens is 262 g/mol. The molecule has 19 heavy (non-hydrogen) atoms. The molecule has 4 nitrogen and oxygen atoms in total. The number of halogens is 1. The van der Waals surface area contributed by atoms with E-state index in [2.05, 4.69) is 17.1 Å². The molecule has 1 aliphatic rings. The standard InChI is InChI=1S/C14H16ClN3O/c1-14(8-5-9-19-10-14)18-12(16-17-13(18)15)11-6-3-2-4-7-11/h2-4,6-7H,5,8-10H2,1H3. The Morgan fingerprint density at radius 2 is 2.05 bits per heavy atom. The van der Waals surface area contributed by atoms with E-state index >= 15 is 0 Å². The molecule has 1 aliphatic heterocycles. The van der Waals surface area contributed by atoms with Crippen LogP contribution in [0.2, 0.25) is 5.28 Å². The first-order chi connectivity index (χ1) is 9.21. The Labute approximate surface area is 117 Å². The van der Waals surface area contributed by atoms with Crippen LogP contribution in [-0.4, -0.2) is 28.0 Å². The van der Waals surface area contributed by atoms with Crippen molar-refractivity contribution in [2.45, 2.75) is 25.3 Å². The molecule has 1 saturated heterocycles. The first-order valence-electron chi connectivity index (χ1n) is 6.45. The van der Waals surface area contributed by atoms with Crippen LogP contribution >= 0.6 is 11.6 Å². The van der Waals surface area contributed by atoms with Gasteiger partial charge in [-0.15, -0.1) is 10.2 Å². The molecule has 100 valence electrons. The van der Waals surface area contributed by atoms with E-state index in [1.807, 2.05) is 34.9 Å². The van der Waals surface area contributed by atoms with Crippen LogP contribution in [0, 0.1) is 0 Å². The molecule has 0 spiro atoms. The summed E-state index contributed by atoms with van der Waals surface area (Å²) >= 11 is 6.25. The molecule has 0 aliphatic carbocycles. The first-order valence-corrected chi connectivity index (χ1v) is 6.83. The van der Waals surface area contributed by atoms with Crippen molar-refractivity contribution in [3.8, 4) is 11.4 Å². The molecule has 3 rings (SSSR count). The largest absolute Gasteiger partial charge is 0.379 e. The number of nitrogens with zero attached hydrogens (tertiary/aromatic N) is 3. The summed E-state index contributed by atoms with van der Waals surface area (Å²) in [5.74, 6) is 0.804. The number of ether oxygens (including phenoxy) is 1. The monoisotopic (exact) mass is 277 g/mol. The van der Waals surface area contributed by atoms with E-state index in [9.17, 15) is 0 Å². The molecule has 0 saturated carbocycles. The van der Waals surface area contributed by atoms with Gasteiger partial charge in [0.15, 0.2) is 5.82 Å². The van der Waals surface area contributed by atoms with Crippen molar-refractivity contribution in [2.24, 2.45) is 0 Å². The van der Waals surface area contributed by atoms with Crippen LogP contribution in [0.1, 0.15) is 19.8 Å². The lowest BCUT2D eigenvalue weighted by molar-refractivity contribution is 0.0102. The van der Waals surface area contributed by atoms with Gasteiger partial charge in [-0.2, -0.15) is 0 Å². The fourth-order valence-electron chi connectivity index (χ4n) is 2.61. The second-order valence-corrected chi connectivity index (χ2v) is 5.49. The highest BCUT2D eigenvalue weighted by Gasteiger charge is 2.34. The SMILES string of the molecule is CC1(n2c(Cl)nnc2-c2ccccc2)CCCOC1. The summed E-state index contributed by atoms with van der Waals surface area (Å²) in [5, 5.41) is 8.69. The van der Waals surface area contributed by atoms with Crippen LogP contribution in [0.4, 0.5) is 0 Å². The minimum absolute atomic E-state index is 0.177. The Kier molecular flexibility index (Phi) is 3.29. The van der Waals surface area contributed by atoms with Gasteiger partial charge < -0.3 is 4.74 Å². The predicted molar refractivity (Wildman–Crippen MR) is 74.2 cm³/mol. The van der Waals surface area contributed by atoms with Crippen molar-refractivity contribution in [2.75, 3.05) is 13.2 Å². The molecule has 1 atom stereocenters. The summed E-state index contributed by atoms with van der Waals surface area (Å²) in [6.07, 6.45) is 2.05. The number of hydrogen-bond acceptors (Lipinski definition) is 3. The molecule has 2 aromatic rings. The summed E-state index contributed by atoms with van der Waals surface area (Å²) in [6.45, 7) is 3.61. The van der Waals surface area contributed by atoms with Crippen molar-refractivity contribution in [1.82, 2.24) is 14.8 Å². The van der Waals surface area contributed by atoms with E-state index in [1.165, 1.54) is 0 Å². The zero-order valence-corrected chi connectivity index (χ0v) is 11.6. The van der Waals surface area contributed by atoms with E-state index in [0.717, 1.165) is 30.8 Å². The van der Waals surface area contributed by atoms with Gasteiger partial charge >= 0.3 is 0 Å². The van der Waals surface area contributed by atoms with E-state index in [1.54, 1.807) is 0 Å². The van der Waals surface area contributed by atoms with E-state index in [4.69, 9.17) is 16.3 Å². The Balaban J connectivity index is 2.08. The Hall–Kier alpha value is -1.39. The maximum atomic E-state index is 6.25. The van der Waals surface area contributed by atoms with Gasteiger partial charge in [0.2, 0.25) is 5.28 Å². The Bertz CT molecular complexity index is 561. The van der Waals surface area contributed by atoms with Crippen LogP contribution in [0.15, 0.2) is 30.3 Å². The maximum absolute atomic E-state index is 6.25. The zero-order valence-electron chi connectivity index (χ0n) is 10.8. The lowest BCUT2D eigenvalue weighted by atomic mass is 9.94. The molecule has 2 heterocycles. The molecular formula is C14H16ClN3O. The van der Waals surface area contributed by atoms with E-state index < -0.39 is 0 Å². The summed E-state index contributed by atoms with van der Waals surface area (Å²) in [7, 11) is 0. The quantitative estimate of drug-likeness (QED) is 0.847. The van der Waals surface area contributed by atoms with Gasteiger partial charge in [0.05, 0.1) is 12.1 Å². The lowest BCUT2D eigenvalue weighted by Crippen LogP contribution is -2.39. The average Bonchev–Trinajstić information content (AvgIpc) is 2.83. The summed E-state index contributed by atoms with van der Waals surface area (Å²) < 4.78 is 7.62. The van der Waals surface area contributed by atoms with Crippen LogP contribution < -0.4 is 0 Å². The molecule has 0 N–H and O–H groups in total. The Morgan fingerprint density at radius 3 is 2.74 bits per heavy atom. The van der Waals surface area contributed by atoms with Gasteiger partial charge in [-0.05, 0) is 31.4 Å². The summed E-state index contributed by atoms with van der Waals surface area (Å²) in [4.78, 5) is 0. The number of benzene rings is 1. The van der Waals surface area contributed by atoms with Crippen LogP contribution in [0.25, 0.3) is 11.4 Å². The van der Waals surface area contributed by atoms with Gasteiger partial charge in [0, 0.05) is 12.2 Å². The molecule has 1 aromatic carbocycles. The number of aromatic nitrogens is 3. The van der Waals surface area contributed by atoms with Gasteiger partial charge in [-0.1, -0.05) is 30.3 Å². The third-order valence-corrected chi connectivity index (χ3v) is 3.86. The van der Waals surface area contributed by atoms with Gasteiger partial charge in [-0.3, -0.25) is 4.57 Å². The highest BCUT2D eigenvalue weighted by molar-refractivity contribution is 6.28. The number of rotatable bonds is 2. The molecule has 1 unspecified atom stereocenters. The average molecular weight is 278 g/mol. The third-order valence-electron chi connectivity index (χ3n) is 3.61. The normalized spacial score (nSPS) is 23.5. The highest BCUT2D eigenvalue weighted by Crippen LogP contribution is 2.34. The molecule has 0 bridgehead atoms. The van der Waals surface area contributed by atoms with Crippen molar-refractivity contribution in [3.05, 3.63) is 35.6 Å². The summed E-state index contributed by atoms with van der Waals surface area (Å²) in [5.41, 5.74) is 0.845. The molecule has 1 aromatic heterocycles. The van der Waals surface area contributed by atoms with Crippen molar-refractivity contribution in [3.63, 3.8) is 0 Å². The van der Waals surface area contributed by atoms with E-state index in [-0.39, 0.29) is 5.54 Å².